The molecule has 0 aromatic heterocycles. The number of hydrogen-bond acceptors (Lipinski definition) is 2. The zero-order valence-electron chi connectivity index (χ0n) is 13.4. The first-order valence-electron chi connectivity index (χ1n) is 7.57. The molecule has 5 nitrogen and oxygen atoms in total. The standard InChI is InChI=1S/C15H30N2O3/c1-6-11(4)13(14(18)19)17-15(20)16-12(5)9-7-8-10(2)3/h10-13H,6-9H2,1-5H3,(H,18,19)(H2,16,17,20)/t11-,12+,13-/m0/s1. The van der Waals surface area contributed by atoms with Crippen molar-refractivity contribution < 1.29 is 14.7 Å². The van der Waals surface area contributed by atoms with Crippen LogP contribution in [0.3, 0.4) is 0 Å². The number of amides is 2. The highest BCUT2D eigenvalue weighted by Crippen LogP contribution is 2.09. The molecule has 0 unspecified atom stereocenters. The molecule has 5 heteroatoms. The van der Waals surface area contributed by atoms with Crippen LogP contribution >= 0.6 is 0 Å². The second-order valence-corrected chi connectivity index (χ2v) is 6.05. The molecule has 0 rings (SSSR count). The van der Waals surface area contributed by atoms with Crippen molar-refractivity contribution >= 4 is 12.0 Å². The monoisotopic (exact) mass is 286 g/mol. The van der Waals surface area contributed by atoms with Crippen molar-refractivity contribution in [1.82, 2.24) is 10.6 Å². The Bertz CT molecular complexity index is 305. The number of carbonyl (C=O) groups excluding carboxylic acids is 1. The smallest absolute Gasteiger partial charge is 0.326 e. The molecular formula is C15H30N2O3. The first kappa shape index (κ1) is 18.7. The van der Waals surface area contributed by atoms with Gasteiger partial charge in [0.25, 0.3) is 0 Å². The Balaban J connectivity index is 4.15. The van der Waals surface area contributed by atoms with Crippen LogP contribution in [0, 0.1) is 11.8 Å². The van der Waals surface area contributed by atoms with Crippen molar-refractivity contribution in [2.45, 2.75) is 72.4 Å². The number of aliphatic carboxylic acids is 1. The molecular weight excluding hydrogens is 256 g/mol. The quantitative estimate of drug-likeness (QED) is 0.609. The maximum atomic E-state index is 11.8. The fourth-order valence-corrected chi connectivity index (χ4v) is 1.99. The molecule has 0 spiro atoms. The third-order valence-corrected chi connectivity index (χ3v) is 3.56. The van der Waals surface area contributed by atoms with Gasteiger partial charge in [0.15, 0.2) is 0 Å². The van der Waals surface area contributed by atoms with E-state index in [0.717, 1.165) is 19.3 Å². The van der Waals surface area contributed by atoms with Gasteiger partial charge in [-0.3, -0.25) is 0 Å². The van der Waals surface area contributed by atoms with Crippen LogP contribution in [0.2, 0.25) is 0 Å². The molecule has 2 amide bonds. The van der Waals surface area contributed by atoms with Crippen LogP contribution in [-0.4, -0.2) is 29.2 Å². The molecule has 0 heterocycles. The minimum atomic E-state index is -0.984. The van der Waals surface area contributed by atoms with E-state index in [0.29, 0.717) is 12.3 Å². The van der Waals surface area contributed by atoms with Crippen LogP contribution in [-0.2, 0) is 4.79 Å². The molecule has 0 saturated carbocycles. The van der Waals surface area contributed by atoms with Gasteiger partial charge in [0.05, 0.1) is 0 Å². The van der Waals surface area contributed by atoms with Crippen LogP contribution in [0.4, 0.5) is 4.79 Å². The van der Waals surface area contributed by atoms with Crippen LogP contribution < -0.4 is 10.6 Å². The van der Waals surface area contributed by atoms with Crippen LogP contribution in [0.1, 0.15) is 60.3 Å². The molecule has 0 radical (unpaired) electrons. The number of carboxylic acid groups (broad SMARTS) is 1. The summed E-state index contributed by atoms with van der Waals surface area (Å²) < 4.78 is 0. The van der Waals surface area contributed by atoms with E-state index in [1.54, 1.807) is 0 Å². The van der Waals surface area contributed by atoms with Crippen molar-refractivity contribution in [2.24, 2.45) is 11.8 Å². The van der Waals surface area contributed by atoms with Gasteiger partial charge in [0, 0.05) is 6.04 Å². The Morgan fingerprint density at radius 3 is 2.10 bits per heavy atom. The van der Waals surface area contributed by atoms with E-state index >= 15 is 0 Å². The highest BCUT2D eigenvalue weighted by Gasteiger charge is 2.25. The van der Waals surface area contributed by atoms with Gasteiger partial charge in [0.2, 0.25) is 0 Å². The number of nitrogens with one attached hydrogen (secondary N) is 2. The summed E-state index contributed by atoms with van der Waals surface area (Å²) >= 11 is 0. The summed E-state index contributed by atoms with van der Waals surface area (Å²) in [6.45, 7) is 10.0. The normalized spacial score (nSPS) is 15.5. The van der Waals surface area contributed by atoms with Crippen molar-refractivity contribution in [3.63, 3.8) is 0 Å². The van der Waals surface area contributed by atoms with Crippen molar-refractivity contribution in [1.29, 1.82) is 0 Å². The number of urea groups is 1. The SMILES string of the molecule is CC[C@H](C)[C@H](NC(=O)N[C@H](C)CCCC(C)C)C(=O)O. The highest BCUT2D eigenvalue weighted by molar-refractivity contribution is 5.82. The summed E-state index contributed by atoms with van der Waals surface area (Å²) in [6, 6.07) is -1.17. The minimum absolute atomic E-state index is 0.0557. The van der Waals surface area contributed by atoms with E-state index in [1.807, 2.05) is 20.8 Å². The van der Waals surface area contributed by atoms with Crippen LogP contribution in [0.5, 0.6) is 0 Å². The molecule has 3 atom stereocenters. The Labute approximate surface area is 122 Å². The minimum Gasteiger partial charge on any atom is -0.480 e. The highest BCUT2D eigenvalue weighted by atomic mass is 16.4. The fraction of sp³-hybridized carbons (Fsp3) is 0.867. The molecule has 0 saturated heterocycles. The molecule has 0 aliphatic heterocycles. The maximum Gasteiger partial charge on any atom is 0.326 e. The van der Waals surface area contributed by atoms with Gasteiger partial charge >= 0.3 is 12.0 Å². The summed E-state index contributed by atoms with van der Waals surface area (Å²) in [6.07, 6.45) is 3.82. The van der Waals surface area contributed by atoms with Crippen molar-refractivity contribution in [3.8, 4) is 0 Å². The molecule has 0 aromatic carbocycles. The van der Waals surface area contributed by atoms with E-state index < -0.39 is 18.0 Å². The zero-order chi connectivity index (χ0) is 15.7. The van der Waals surface area contributed by atoms with Gasteiger partial charge in [-0.25, -0.2) is 9.59 Å². The second-order valence-electron chi connectivity index (χ2n) is 6.05. The second kappa shape index (κ2) is 9.61. The Morgan fingerprint density at radius 2 is 1.65 bits per heavy atom. The molecule has 0 fully saturated rings. The first-order valence-corrected chi connectivity index (χ1v) is 7.57. The molecule has 0 bridgehead atoms. The fourth-order valence-electron chi connectivity index (χ4n) is 1.99. The van der Waals surface area contributed by atoms with Gasteiger partial charge in [-0.05, 0) is 25.2 Å². The van der Waals surface area contributed by atoms with E-state index in [1.165, 1.54) is 0 Å². The van der Waals surface area contributed by atoms with E-state index in [-0.39, 0.29) is 12.0 Å². The van der Waals surface area contributed by atoms with E-state index in [2.05, 4.69) is 24.5 Å². The van der Waals surface area contributed by atoms with Crippen LogP contribution in [0.15, 0.2) is 0 Å². The maximum absolute atomic E-state index is 11.8. The topological polar surface area (TPSA) is 78.4 Å². The molecule has 20 heavy (non-hydrogen) atoms. The summed E-state index contributed by atoms with van der Waals surface area (Å²) in [5.74, 6) is -0.408. The lowest BCUT2D eigenvalue weighted by Crippen LogP contribution is -2.50. The summed E-state index contributed by atoms with van der Waals surface area (Å²) in [5.41, 5.74) is 0. The summed E-state index contributed by atoms with van der Waals surface area (Å²) in [5, 5.41) is 14.5. The molecule has 0 aliphatic carbocycles. The van der Waals surface area contributed by atoms with Gasteiger partial charge in [0.1, 0.15) is 6.04 Å². The molecule has 0 aliphatic rings. The lowest BCUT2D eigenvalue weighted by Gasteiger charge is -2.22. The predicted octanol–water partition coefficient (Wildman–Crippen LogP) is 3.00. The van der Waals surface area contributed by atoms with Crippen LogP contribution in [0.25, 0.3) is 0 Å². The summed E-state index contributed by atoms with van der Waals surface area (Å²) in [7, 11) is 0. The molecule has 3 N–H and O–H groups in total. The van der Waals surface area contributed by atoms with Gasteiger partial charge in [-0.15, -0.1) is 0 Å². The summed E-state index contributed by atoms with van der Waals surface area (Å²) in [4.78, 5) is 22.9. The average molecular weight is 286 g/mol. The Morgan fingerprint density at radius 1 is 1.05 bits per heavy atom. The number of rotatable bonds is 9. The molecule has 0 aromatic rings. The third kappa shape index (κ3) is 8.02. The number of carbonyl (C=O) groups is 2. The van der Waals surface area contributed by atoms with Gasteiger partial charge in [-0.1, -0.05) is 47.0 Å². The average Bonchev–Trinajstić information content (AvgIpc) is 2.34. The predicted molar refractivity (Wildman–Crippen MR) is 80.7 cm³/mol. The largest absolute Gasteiger partial charge is 0.480 e. The van der Waals surface area contributed by atoms with Gasteiger partial charge in [-0.2, -0.15) is 0 Å². The van der Waals surface area contributed by atoms with Crippen molar-refractivity contribution in [3.05, 3.63) is 0 Å². The third-order valence-electron chi connectivity index (χ3n) is 3.56. The van der Waals surface area contributed by atoms with Gasteiger partial charge < -0.3 is 15.7 Å². The van der Waals surface area contributed by atoms with E-state index in [9.17, 15) is 9.59 Å². The Hall–Kier alpha value is -1.26. The van der Waals surface area contributed by atoms with E-state index in [4.69, 9.17) is 5.11 Å². The molecule has 118 valence electrons. The number of carboxylic acids is 1. The Kier molecular flexibility index (Phi) is 9.01. The lowest BCUT2D eigenvalue weighted by atomic mass is 9.99. The zero-order valence-corrected chi connectivity index (χ0v) is 13.4. The first-order chi connectivity index (χ1) is 9.27. The van der Waals surface area contributed by atoms with Crippen molar-refractivity contribution in [2.75, 3.05) is 0 Å². The lowest BCUT2D eigenvalue weighted by molar-refractivity contribution is -0.140. The number of hydrogen-bond donors (Lipinski definition) is 3.